The summed E-state index contributed by atoms with van der Waals surface area (Å²) >= 11 is 0. The lowest BCUT2D eigenvalue weighted by atomic mass is 10.1. The number of hydrogen-bond donors (Lipinski definition) is 3. The fourth-order valence-corrected chi connectivity index (χ4v) is 1.65. The number of aromatic carboxylic acids is 1. The summed E-state index contributed by atoms with van der Waals surface area (Å²) in [6.07, 6.45) is -5.10. The number of nitrogens with one attached hydrogen (secondary N) is 2. The lowest BCUT2D eigenvalue weighted by Crippen LogP contribution is -2.30. The van der Waals surface area contributed by atoms with Crippen LogP contribution in [0.1, 0.15) is 10.5 Å². The molecule has 3 N–H and O–H groups in total. The highest BCUT2D eigenvalue weighted by Crippen LogP contribution is 2.30. The van der Waals surface area contributed by atoms with Gasteiger partial charge in [-0.05, 0) is 5.56 Å². The third-order valence-corrected chi connectivity index (χ3v) is 2.53. The van der Waals surface area contributed by atoms with Crippen LogP contribution in [-0.2, 0) is 4.79 Å². The molecule has 0 radical (unpaired) electrons. The van der Waals surface area contributed by atoms with E-state index < -0.39 is 29.6 Å². The van der Waals surface area contributed by atoms with Gasteiger partial charge in [-0.3, -0.25) is 9.89 Å². The quantitative estimate of drug-likeness (QED) is 0.810. The smallest absolute Gasteiger partial charge is 0.471 e. The molecule has 0 atom stereocenters. The number of rotatable bonds is 3. The van der Waals surface area contributed by atoms with Gasteiger partial charge in [-0.1, -0.05) is 30.3 Å². The Morgan fingerprint density at radius 1 is 1.19 bits per heavy atom. The van der Waals surface area contributed by atoms with Crippen LogP contribution in [0.4, 0.5) is 19.0 Å². The van der Waals surface area contributed by atoms with Gasteiger partial charge in [-0.25, -0.2) is 4.79 Å². The number of anilines is 1. The first-order valence-electron chi connectivity index (χ1n) is 5.56. The molecule has 0 bridgehead atoms. The van der Waals surface area contributed by atoms with Crippen molar-refractivity contribution in [1.82, 2.24) is 10.2 Å². The van der Waals surface area contributed by atoms with Gasteiger partial charge in [-0.2, -0.15) is 18.3 Å². The zero-order valence-corrected chi connectivity index (χ0v) is 10.2. The van der Waals surface area contributed by atoms with Gasteiger partial charge in [0, 0.05) is 0 Å². The summed E-state index contributed by atoms with van der Waals surface area (Å²) in [5.74, 6) is -4.14. The Hall–Kier alpha value is -2.84. The molecule has 2 aromatic rings. The number of carbonyl (C=O) groups is 2. The molecule has 1 aromatic carbocycles. The van der Waals surface area contributed by atoms with Crippen molar-refractivity contribution < 1.29 is 27.9 Å². The summed E-state index contributed by atoms with van der Waals surface area (Å²) in [6.45, 7) is 0. The predicted molar refractivity (Wildman–Crippen MR) is 65.7 cm³/mol. The number of H-pyrrole nitrogens is 1. The Morgan fingerprint density at radius 2 is 1.81 bits per heavy atom. The number of halogens is 3. The van der Waals surface area contributed by atoms with Gasteiger partial charge >= 0.3 is 18.1 Å². The predicted octanol–water partition coefficient (Wildman–Crippen LogP) is 2.28. The SMILES string of the molecule is O=C(O)c1[nH]nc(NC(=O)C(F)(F)F)c1-c1ccccc1. The molecule has 2 rings (SSSR count). The Kier molecular flexibility index (Phi) is 3.66. The maximum Gasteiger partial charge on any atom is 0.471 e. The number of carboxylic acid groups (broad SMARTS) is 1. The van der Waals surface area contributed by atoms with E-state index in [2.05, 4.69) is 10.2 Å². The zero-order valence-electron chi connectivity index (χ0n) is 10.2. The number of alkyl halides is 3. The number of carbonyl (C=O) groups excluding carboxylic acids is 1. The molecule has 0 saturated heterocycles. The van der Waals surface area contributed by atoms with Gasteiger partial charge < -0.3 is 10.4 Å². The summed E-state index contributed by atoms with van der Waals surface area (Å²) in [7, 11) is 0. The van der Waals surface area contributed by atoms with E-state index in [1.54, 1.807) is 23.5 Å². The molecule has 6 nitrogen and oxygen atoms in total. The van der Waals surface area contributed by atoms with Gasteiger partial charge in [0.1, 0.15) is 0 Å². The van der Waals surface area contributed by atoms with Gasteiger partial charge in [0.2, 0.25) is 0 Å². The second-order valence-electron chi connectivity index (χ2n) is 3.95. The van der Waals surface area contributed by atoms with Gasteiger partial charge in [0.25, 0.3) is 0 Å². The zero-order chi connectivity index (χ0) is 15.6. The van der Waals surface area contributed by atoms with Gasteiger partial charge in [0.05, 0.1) is 5.56 Å². The van der Waals surface area contributed by atoms with Crippen molar-refractivity contribution in [2.24, 2.45) is 0 Å². The number of aromatic amines is 1. The number of amides is 1. The Morgan fingerprint density at radius 3 is 2.33 bits per heavy atom. The normalized spacial score (nSPS) is 11.2. The Labute approximate surface area is 115 Å². The van der Waals surface area contributed by atoms with Crippen LogP contribution in [0.2, 0.25) is 0 Å². The van der Waals surface area contributed by atoms with Crippen LogP contribution in [0.25, 0.3) is 11.1 Å². The van der Waals surface area contributed by atoms with E-state index in [4.69, 9.17) is 5.11 Å². The summed E-state index contributed by atoms with van der Waals surface area (Å²) in [5.41, 5.74) is -0.236. The molecule has 0 aliphatic rings. The van der Waals surface area contributed by atoms with Crippen molar-refractivity contribution in [3.8, 4) is 11.1 Å². The molecule has 21 heavy (non-hydrogen) atoms. The van der Waals surface area contributed by atoms with Crippen molar-refractivity contribution in [2.45, 2.75) is 6.18 Å². The van der Waals surface area contributed by atoms with Crippen LogP contribution in [0.15, 0.2) is 30.3 Å². The van der Waals surface area contributed by atoms with Gasteiger partial charge in [-0.15, -0.1) is 0 Å². The van der Waals surface area contributed by atoms with Crippen LogP contribution in [0.3, 0.4) is 0 Å². The van der Waals surface area contributed by atoms with Crippen molar-refractivity contribution in [1.29, 1.82) is 0 Å². The molecule has 0 aliphatic carbocycles. The summed E-state index contributed by atoms with van der Waals surface area (Å²) in [6, 6.07) is 7.77. The second kappa shape index (κ2) is 5.27. The summed E-state index contributed by atoms with van der Waals surface area (Å²) in [5, 5.41) is 16.1. The van der Waals surface area contributed by atoms with E-state index in [0.717, 1.165) is 0 Å². The Bertz CT molecular complexity index is 680. The first kappa shape index (κ1) is 14.6. The van der Waals surface area contributed by atoms with Gasteiger partial charge in [0.15, 0.2) is 11.5 Å². The molecule has 0 spiro atoms. The molecule has 0 saturated carbocycles. The second-order valence-corrected chi connectivity index (χ2v) is 3.95. The molecular formula is C12H8F3N3O3. The maximum atomic E-state index is 12.3. The van der Waals surface area contributed by atoms with E-state index in [9.17, 15) is 22.8 Å². The van der Waals surface area contributed by atoms with Crippen LogP contribution >= 0.6 is 0 Å². The highest BCUT2D eigenvalue weighted by molar-refractivity contribution is 6.03. The third kappa shape index (κ3) is 3.02. The highest BCUT2D eigenvalue weighted by atomic mass is 19.4. The summed E-state index contributed by atoms with van der Waals surface area (Å²) < 4.78 is 36.8. The average molecular weight is 299 g/mol. The first-order chi connectivity index (χ1) is 9.80. The minimum absolute atomic E-state index is 0.124. The van der Waals surface area contributed by atoms with Crippen molar-refractivity contribution >= 4 is 17.7 Å². The number of carboxylic acids is 1. The molecule has 110 valence electrons. The molecule has 9 heteroatoms. The van der Waals surface area contributed by atoms with E-state index in [-0.39, 0.29) is 5.56 Å². The fourth-order valence-electron chi connectivity index (χ4n) is 1.65. The lowest BCUT2D eigenvalue weighted by molar-refractivity contribution is -0.167. The van der Waals surface area contributed by atoms with Crippen LogP contribution in [-0.4, -0.2) is 33.4 Å². The largest absolute Gasteiger partial charge is 0.477 e. The Balaban J connectivity index is 2.49. The summed E-state index contributed by atoms with van der Waals surface area (Å²) in [4.78, 5) is 22.0. The molecule has 1 heterocycles. The lowest BCUT2D eigenvalue weighted by Gasteiger charge is -2.08. The first-order valence-corrected chi connectivity index (χ1v) is 5.56. The molecule has 1 aromatic heterocycles. The van der Waals surface area contributed by atoms with Crippen molar-refractivity contribution in [3.63, 3.8) is 0 Å². The minimum Gasteiger partial charge on any atom is -0.477 e. The number of benzene rings is 1. The van der Waals surface area contributed by atoms with Crippen LogP contribution in [0, 0.1) is 0 Å². The highest BCUT2D eigenvalue weighted by Gasteiger charge is 2.39. The topological polar surface area (TPSA) is 95.1 Å². The molecular weight excluding hydrogens is 291 g/mol. The average Bonchev–Trinajstić information content (AvgIpc) is 2.82. The third-order valence-electron chi connectivity index (χ3n) is 2.53. The van der Waals surface area contributed by atoms with Crippen LogP contribution in [0.5, 0.6) is 0 Å². The number of hydrogen-bond acceptors (Lipinski definition) is 3. The van der Waals surface area contributed by atoms with Crippen molar-refractivity contribution in [2.75, 3.05) is 5.32 Å². The monoisotopic (exact) mass is 299 g/mol. The number of aromatic nitrogens is 2. The molecule has 1 amide bonds. The van der Waals surface area contributed by atoms with Crippen LogP contribution < -0.4 is 5.32 Å². The van der Waals surface area contributed by atoms with E-state index >= 15 is 0 Å². The molecule has 0 aliphatic heterocycles. The fraction of sp³-hybridized carbons (Fsp3) is 0.0833. The minimum atomic E-state index is -5.10. The molecule has 0 fully saturated rings. The van der Waals surface area contributed by atoms with E-state index in [0.29, 0.717) is 5.56 Å². The standard InChI is InChI=1S/C12H8F3N3O3/c13-12(14,15)11(21)16-9-7(6-4-2-1-3-5-6)8(10(19)20)17-18-9/h1-5H,(H,19,20)(H2,16,17,18,21). The van der Waals surface area contributed by atoms with E-state index in [1.165, 1.54) is 12.1 Å². The van der Waals surface area contributed by atoms with Crippen molar-refractivity contribution in [3.05, 3.63) is 36.0 Å². The molecule has 0 unspecified atom stereocenters. The number of nitrogens with zero attached hydrogens (tertiary/aromatic N) is 1. The van der Waals surface area contributed by atoms with E-state index in [1.807, 2.05) is 0 Å². The maximum absolute atomic E-state index is 12.3.